The van der Waals surface area contributed by atoms with Crippen LogP contribution in [0.5, 0.6) is 0 Å². The molecule has 25 heavy (non-hydrogen) atoms. The fourth-order valence-electron chi connectivity index (χ4n) is 3.07. The second kappa shape index (κ2) is 8.78. The molecule has 2 rings (SSSR count). The maximum absolute atomic E-state index is 12.4. The number of amides is 1. The lowest BCUT2D eigenvalue weighted by Gasteiger charge is -2.20. The lowest BCUT2D eigenvalue weighted by molar-refractivity contribution is -0.116. The number of carbonyl (C=O) groups is 1. The fraction of sp³-hybridized carbons (Fsp3) is 0.611. The number of unbranched alkanes of at least 4 members (excludes halogenated alkanes) is 1. The van der Waals surface area contributed by atoms with Crippen molar-refractivity contribution in [1.82, 2.24) is 4.72 Å². The minimum absolute atomic E-state index is 0.0249. The summed E-state index contributed by atoms with van der Waals surface area (Å²) < 4.78 is 32.9. The summed E-state index contributed by atoms with van der Waals surface area (Å²) in [6.07, 6.45) is 3.42. The zero-order valence-corrected chi connectivity index (χ0v) is 16.1. The molecule has 0 fully saturated rings. The van der Waals surface area contributed by atoms with E-state index in [0.717, 1.165) is 30.7 Å². The number of nitrogens with one attached hydrogen (secondary N) is 1. The summed E-state index contributed by atoms with van der Waals surface area (Å²) in [7, 11) is -3.54. The van der Waals surface area contributed by atoms with Gasteiger partial charge in [-0.2, -0.15) is 0 Å². The van der Waals surface area contributed by atoms with E-state index in [2.05, 4.69) is 11.6 Å². The molecular formula is C18H28N2O4S. The monoisotopic (exact) mass is 368 g/mol. The van der Waals surface area contributed by atoms with E-state index in [-0.39, 0.29) is 16.8 Å². The molecule has 1 atom stereocenters. The SMILES string of the molecule is CCCCOCCCNS(=O)(=O)c1ccc2c(c1)CC(C)N2C(C)=O. The molecule has 1 aromatic carbocycles. The Labute approximate surface area is 150 Å². The van der Waals surface area contributed by atoms with Gasteiger partial charge >= 0.3 is 0 Å². The van der Waals surface area contributed by atoms with Gasteiger partial charge in [0.15, 0.2) is 0 Å². The number of ether oxygens (including phenoxy) is 1. The molecule has 1 heterocycles. The lowest BCUT2D eigenvalue weighted by Crippen LogP contribution is -2.33. The molecule has 0 saturated carbocycles. The molecule has 7 heteroatoms. The van der Waals surface area contributed by atoms with Crippen LogP contribution in [0.4, 0.5) is 5.69 Å². The van der Waals surface area contributed by atoms with E-state index in [4.69, 9.17) is 4.74 Å². The molecule has 1 aromatic rings. The number of hydrogen-bond donors (Lipinski definition) is 1. The predicted octanol–water partition coefficient (Wildman–Crippen LogP) is 2.47. The molecule has 1 aliphatic heterocycles. The summed E-state index contributed by atoms with van der Waals surface area (Å²) in [6.45, 7) is 7.22. The average Bonchev–Trinajstić information content (AvgIpc) is 2.88. The first-order valence-corrected chi connectivity index (χ1v) is 10.3. The Hall–Kier alpha value is -1.44. The topological polar surface area (TPSA) is 75.7 Å². The van der Waals surface area contributed by atoms with Gasteiger partial charge in [-0.1, -0.05) is 13.3 Å². The number of hydrogen-bond acceptors (Lipinski definition) is 4. The van der Waals surface area contributed by atoms with Crippen molar-refractivity contribution in [1.29, 1.82) is 0 Å². The van der Waals surface area contributed by atoms with Gasteiger partial charge in [-0.25, -0.2) is 13.1 Å². The zero-order chi connectivity index (χ0) is 18.4. The number of sulfonamides is 1. The fourth-order valence-corrected chi connectivity index (χ4v) is 4.19. The number of nitrogens with zero attached hydrogens (tertiary/aromatic N) is 1. The van der Waals surface area contributed by atoms with Crippen LogP contribution < -0.4 is 9.62 Å². The minimum Gasteiger partial charge on any atom is -0.381 e. The molecule has 1 unspecified atom stereocenters. The maximum atomic E-state index is 12.4. The quantitative estimate of drug-likeness (QED) is 0.680. The predicted molar refractivity (Wildman–Crippen MR) is 98.3 cm³/mol. The summed E-state index contributed by atoms with van der Waals surface area (Å²) in [4.78, 5) is 13.7. The zero-order valence-electron chi connectivity index (χ0n) is 15.2. The van der Waals surface area contributed by atoms with Gasteiger partial charge in [0, 0.05) is 38.4 Å². The number of rotatable bonds is 9. The summed E-state index contributed by atoms with van der Waals surface area (Å²) in [6, 6.07) is 5.02. The van der Waals surface area contributed by atoms with Crippen molar-refractivity contribution in [2.24, 2.45) is 0 Å². The molecule has 1 aliphatic rings. The van der Waals surface area contributed by atoms with Gasteiger partial charge in [-0.15, -0.1) is 0 Å². The van der Waals surface area contributed by atoms with Crippen molar-refractivity contribution in [3.8, 4) is 0 Å². The second-order valence-electron chi connectivity index (χ2n) is 6.45. The summed E-state index contributed by atoms with van der Waals surface area (Å²) >= 11 is 0. The van der Waals surface area contributed by atoms with Crippen molar-refractivity contribution in [2.75, 3.05) is 24.7 Å². The Kier molecular flexibility index (Phi) is 6.98. The van der Waals surface area contributed by atoms with Crippen LogP contribution in [-0.2, 0) is 26.0 Å². The first-order chi connectivity index (χ1) is 11.9. The van der Waals surface area contributed by atoms with Crippen LogP contribution in [0.2, 0.25) is 0 Å². The van der Waals surface area contributed by atoms with Crippen LogP contribution in [0.3, 0.4) is 0 Å². The molecule has 0 saturated heterocycles. The smallest absolute Gasteiger partial charge is 0.240 e. The van der Waals surface area contributed by atoms with Crippen LogP contribution in [-0.4, -0.2) is 40.1 Å². The van der Waals surface area contributed by atoms with Crippen molar-refractivity contribution in [2.45, 2.75) is 57.4 Å². The number of benzene rings is 1. The molecule has 0 aliphatic carbocycles. The first-order valence-electron chi connectivity index (χ1n) is 8.87. The number of carbonyl (C=O) groups excluding carboxylic acids is 1. The Morgan fingerprint density at radius 3 is 2.72 bits per heavy atom. The summed E-state index contributed by atoms with van der Waals surface area (Å²) in [5.74, 6) is -0.0249. The molecule has 0 bridgehead atoms. The summed E-state index contributed by atoms with van der Waals surface area (Å²) in [5, 5.41) is 0. The van der Waals surface area contributed by atoms with Crippen LogP contribution in [0.1, 0.15) is 45.6 Å². The molecule has 1 amide bonds. The molecule has 0 spiro atoms. The highest BCUT2D eigenvalue weighted by molar-refractivity contribution is 7.89. The van der Waals surface area contributed by atoms with E-state index >= 15 is 0 Å². The second-order valence-corrected chi connectivity index (χ2v) is 8.22. The first kappa shape index (κ1) is 19.9. The van der Waals surface area contributed by atoms with Gasteiger partial charge in [0.1, 0.15) is 0 Å². The molecule has 1 N–H and O–H groups in total. The maximum Gasteiger partial charge on any atom is 0.240 e. The van der Waals surface area contributed by atoms with Crippen molar-refractivity contribution >= 4 is 21.6 Å². The van der Waals surface area contributed by atoms with Crippen molar-refractivity contribution < 1.29 is 17.9 Å². The van der Waals surface area contributed by atoms with E-state index in [1.165, 1.54) is 6.92 Å². The third-order valence-corrected chi connectivity index (χ3v) is 5.77. The van der Waals surface area contributed by atoms with E-state index in [0.29, 0.717) is 26.0 Å². The van der Waals surface area contributed by atoms with Gasteiger partial charge in [0.25, 0.3) is 0 Å². The average molecular weight is 368 g/mol. The van der Waals surface area contributed by atoms with Gasteiger partial charge in [0.05, 0.1) is 4.90 Å². The highest BCUT2D eigenvalue weighted by Gasteiger charge is 2.30. The highest BCUT2D eigenvalue weighted by Crippen LogP contribution is 2.33. The third-order valence-electron chi connectivity index (χ3n) is 4.32. The third kappa shape index (κ3) is 5.03. The van der Waals surface area contributed by atoms with E-state index < -0.39 is 10.0 Å². The standard InChI is InChI=1S/C18H28N2O4S/c1-4-5-10-24-11-6-9-19-25(22,23)17-7-8-18-16(13-17)12-14(2)20(18)15(3)21/h7-8,13-14,19H,4-6,9-12H2,1-3H3. The molecular weight excluding hydrogens is 340 g/mol. The van der Waals surface area contributed by atoms with Crippen LogP contribution >= 0.6 is 0 Å². The normalized spacial score (nSPS) is 16.9. The number of anilines is 1. The Bertz CT molecular complexity index is 703. The molecule has 6 nitrogen and oxygen atoms in total. The lowest BCUT2D eigenvalue weighted by atomic mass is 10.1. The van der Waals surface area contributed by atoms with Gasteiger partial charge in [-0.05, 0) is 49.9 Å². The Morgan fingerprint density at radius 1 is 1.32 bits per heavy atom. The van der Waals surface area contributed by atoms with Crippen LogP contribution in [0, 0.1) is 0 Å². The van der Waals surface area contributed by atoms with Crippen molar-refractivity contribution in [3.05, 3.63) is 23.8 Å². The minimum atomic E-state index is -3.54. The van der Waals surface area contributed by atoms with E-state index in [1.807, 2.05) is 6.92 Å². The van der Waals surface area contributed by atoms with Crippen LogP contribution in [0.15, 0.2) is 23.1 Å². The Balaban J connectivity index is 1.95. The van der Waals surface area contributed by atoms with Gasteiger partial charge < -0.3 is 9.64 Å². The number of fused-ring (bicyclic) bond motifs is 1. The molecule has 0 radical (unpaired) electrons. The van der Waals surface area contributed by atoms with Crippen LogP contribution in [0.25, 0.3) is 0 Å². The Morgan fingerprint density at radius 2 is 2.04 bits per heavy atom. The molecule has 140 valence electrons. The van der Waals surface area contributed by atoms with Gasteiger partial charge in [-0.3, -0.25) is 4.79 Å². The van der Waals surface area contributed by atoms with Gasteiger partial charge in [0.2, 0.25) is 15.9 Å². The summed E-state index contributed by atoms with van der Waals surface area (Å²) in [5.41, 5.74) is 1.71. The molecule has 0 aromatic heterocycles. The highest BCUT2D eigenvalue weighted by atomic mass is 32.2. The van der Waals surface area contributed by atoms with E-state index in [9.17, 15) is 13.2 Å². The van der Waals surface area contributed by atoms with Crippen molar-refractivity contribution in [3.63, 3.8) is 0 Å². The largest absolute Gasteiger partial charge is 0.381 e. The van der Waals surface area contributed by atoms with E-state index in [1.54, 1.807) is 23.1 Å².